The van der Waals surface area contributed by atoms with Gasteiger partial charge in [0.05, 0.1) is 11.4 Å². The first kappa shape index (κ1) is 11.0. The van der Waals surface area contributed by atoms with E-state index in [-0.39, 0.29) is 28.9 Å². The Morgan fingerprint density at radius 1 is 1.65 bits per heavy atom. The molecule has 1 aromatic rings. The molecule has 8 heteroatoms. The number of nitrogens with zero attached hydrogens (tertiary/aromatic N) is 3. The van der Waals surface area contributed by atoms with Gasteiger partial charge in [-0.1, -0.05) is 0 Å². The van der Waals surface area contributed by atoms with Gasteiger partial charge in [0.1, 0.15) is 12.5 Å². The molecule has 0 radical (unpaired) electrons. The van der Waals surface area contributed by atoms with Gasteiger partial charge >= 0.3 is 5.69 Å². The minimum Gasteiger partial charge on any atom is -0.392 e. The summed E-state index contributed by atoms with van der Waals surface area (Å²) in [6.07, 6.45) is -0.326. The van der Waals surface area contributed by atoms with E-state index >= 15 is 0 Å². The molecule has 1 saturated heterocycles. The number of nitrogens with two attached hydrogens (primary N) is 1. The molecule has 0 amide bonds. The number of alkyl halides is 1. The monoisotopic (exact) mass is 258 g/mol. The lowest BCUT2D eigenvalue weighted by molar-refractivity contribution is 0.199. The topological polar surface area (TPSA) is 94.0 Å². The Morgan fingerprint density at radius 2 is 2.41 bits per heavy atom. The highest BCUT2D eigenvalue weighted by atomic mass is 32.2. The van der Waals surface area contributed by atoms with Crippen molar-refractivity contribution < 1.29 is 9.50 Å². The fourth-order valence-corrected chi connectivity index (χ4v) is 3.91. The number of hydrogen-bond acceptors (Lipinski definition) is 6. The first-order chi connectivity index (χ1) is 8.08. The highest BCUT2D eigenvalue weighted by Crippen LogP contribution is 2.56. The van der Waals surface area contributed by atoms with Crippen LogP contribution in [0.5, 0.6) is 0 Å². The smallest absolute Gasteiger partial charge is 0.352 e. The fraction of sp³-hybridized carbons (Fsp3) is 0.667. The molecule has 1 aliphatic carbocycles. The van der Waals surface area contributed by atoms with Crippen LogP contribution in [0.4, 0.5) is 10.3 Å². The molecule has 0 aromatic carbocycles. The summed E-state index contributed by atoms with van der Waals surface area (Å²) in [6, 6.07) is 0. The normalized spacial score (nSPS) is 39.1. The minimum atomic E-state index is -1.08. The molecule has 1 unspecified atom stereocenters. The van der Waals surface area contributed by atoms with E-state index in [1.807, 2.05) is 0 Å². The lowest BCUT2D eigenvalue weighted by atomic mass is 10.2. The van der Waals surface area contributed by atoms with Gasteiger partial charge in [0.25, 0.3) is 0 Å². The lowest BCUT2D eigenvalue weighted by Gasteiger charge is -2.16. The zero-order chi connectivity index (χ0) is 12.2. The second-order valence-electron chi connectivity index (χ2n) is 4.30. The largest absolute Gasteiger partial charge is 0.392 e. The molecule has 0 spiro atoms. The summed E-state index contributed by atoms with van der Waals surface area (Å²) in [5.41, 5.74) is 4.74. The van der Waals surface area contributed by atoms with Crippen molar-refractivity contribution in [2.24, 2.45) is 5.92 Å². The Hall–Kier alpha value is -1.15. The van der Waals surface area contributed by atoms with E-state index in [4.69, 9.17) is 5.73 Å². The van der Waals surface area contributed by atoms with Crippen LogP contribution in [0.1, 0.15) is 0 Å². The summed E-state index contributed by atoms with van der Waals surface area (Å²) in [5, 5.41) is 8.99. The molecule has 2 fully saturated rings. The first-order valence-electron chi connectivity index (χ1n) is 5.24. The van der Waals surface area contributed by atoms with Gasteiger partial charge in [0.2, 0.25) is 5.95 Å². The Labute approximate surface area is 100 Å². The zero-order valence-electron chi connectivity index (χ0n) is 8.73. The van der Waals surface area contributed by atoms with E-state index in [0.29, 0.717) is 0 Å². The van der Waals surface area contributed by atoms with Crippen LogP contribution in [0.2, 0.25) is 0 Å². The average Bonchev–Trinajstić information content (AvgIpc) is 2.76. The molecule has 2 aliphatic rings. The van der Waals surface area contributed by atoms with Crippen molar-refractivity contribution in [3.63, 3.8) is 0 Å². The van der Waals surface area contributed by atoms with Crippen LogP contribution in [0.15, 0.2) is 11.1 Å². The van der Waals surface area contributed by atoms with Gasteiger partial charge in [0, 0.05) is 17.7 Å². The maximum atomic E-state index is 13.8. The molecular formula is C9H11FN4O2S. The number of rotatable bonds is 2. The number of anilines is 1. The number of thioether (sulfide) groups is 1. The zero-order valence-corrected chi connectivity index (χ0v) is 9.55. The number of fused-ring (bicyclic) bond motifs is 1. The van der Waals surface area contributed by atoms with Gasteiger partial charge in [0.15, 0.2) is 0 Å². The molecule has 3 rings (SSSR count). The molecular weight excluding hydrogens is 247 g/mol. The molecule has 1 aromatic heterocycles. The van der Waals surface area contributed by atoms with E-state index in [2.05, 4.69) is 9.97 Å². The molecule has 5 atom stereocenters. The van der Waals surface area contributed by atoms with Crippen LogP contribution < -0.4 is 11.4 Å². The van der Waals surface area contributed by atoms with Gasteiger partial charge in [-0.2, -0.15) is 4.98 Å². The number of hydrogen-bond donors (Lipinski definition) is 2. The third kappa shape index (κ3) is 1.71. The van der Waals surface area contributed by atoms with Crippen molar-refractivity contribution in [2.45, 2.75) is 29.3 Å². The van der Waals surface area contributed by atoms with E-state index in [1.54, 1.807) is 0 Å². The van der Waals surface area contributed by atoms with Crippen molar-refractivity contribution in [1.29, 1.82) is 0 Å². The maximum Gasteiger partial charge on any atom is 0.352 e. The third-order valence-electron chi connectivity index (χ3n) is 3.19. The van der Waals surface area contributed by atoms with Crippen LogP contribution in [-0.2, 0) is 6.54 Å². The van der Waals surface area contributed by atoms with Crippen LogP contribution in [0.3, 0.4) is 0 Å². The molecule has 6 nitrogen and oxygen atoms in total. The number of aliphatic hydroxyl groups excluding tert-OH is 1. The molecule has 1 aliphatic heterocycles. The van der Waals surface area contributed by atoms with Gasteiger partial charge in [-0.3, -0.25) is 4.57 Å². The Bertz CT molecular complexity index is 510. The highest BCUT2D eigenvalue weighted by Gasteiger charge is 2.63. The molecule has 92 valence electrons. The Balaban J connectivity index is 1.74. The summed E-state index contributed by atoms with van der Waals surface area (Å²) >= 11 is 1.39. The van der Waals surface area contributed by atoms with Gasteiger partial charge in [-0.15, -0.1) is 11.8 Å². The molecule has 2 heterocycles. The van der Waals surface area contributed by atoms with Crippen molar-refractivity contribution >= 4 is 17.7 Å². The van der Waals surface area contributed by atoms with Crippen molar-refractivity contribution in [3.05, 3.63) is 16.8 Å². The third-order valence-corrected chi connectivity index (χ3v) is 4.85. The van der Waals surface area contributed by atoms with E-state index in [1.165, 1.54) is 22.7 Å². The second kappa shape index (κ2) is 3.67. The predicted molar refractivity (Wildman–Crippen MR) is 60.3 cm³/mol. The highest BCUT2D eigenvalue weighted by molar-refractivity contribution is 8.01. The number of nitrogen functional groups attached to an aromatic ring is 1. The van der Waals surface area contributed by atoms with E-state index < -0.39 is 18.0 Å². The van der Waals surface area contributed by atoms with E-state index in [0.717, 1.165) is 0 Å². The standard InChI is InChI=1S/C9H11FN4O2S/c10-5-3(17-7-4(5)6(7)15)1-14-2-12-8(11)13-9(14)16/h2-7,15H,1H2,(H2,11,13,16)/t3-,4-,5+,6?,7-/m0/s1. The molecule has 3 N–H and O–H groups in total. The summed E-state index contributed by atoms with van der Waals surface area (Å²) in [6.45, 7) is 0.213. The van der Waals surface area contributed by atoms with Gasteiger partial charge < -0.3 is 10.8 Å². The van der Waals surface area contributed by atoms with Crippen molar-refractivity contribution in [2.75, 3.05) is 5.73 Å². The second-order valence-corrected chi connectivity index (χ2v) is 5.72. The maximum absolute atomic E-state index is 13.8. The quantitative estimate of drug-likeness (QED) is 0.709. The molecule has 17 heavy (non-hydrogen) atoms. The summed E-state index contributed by atoms with van der Waals surface area (Å²) in [5.74, 6) is -0.351. The first-order valence-corrected chi connectivity index (χ1v) is 6.19. The van der Waals surface area contributed by atoms with Gasteiger partial charge in [-0.05, 0) is 0 Å². The number of aliphatic hydroxyl groups is 1. The Kier molecular flexibility index (Phi) is 2.37. The fourth-order valence-electron chi connectivity index (χ4n) is 2.19. The molecule has 0 bridgehead atoms. The summed E-state index contributed by atoms with van der Waals surface area (Å²) in [4.78, 5) is 18.6. The van der Waals surface area contributed by atoms with Crippen LogP contribution in [-0.4, -0.2) is 42.4 Å². The van der Waals surface area contributed by atoms with Crippen LogP contribution >= 0.6 is 11.8 Å². The number of halogens is 1. The number of aromatic nitrogens is 3. The van der Waals surface area contributed by atoms with E-state index in [9.17, 15) is 14.3 Å². The SMILES string of the molecule is Nc1ncn(C[C@@H]2S[C@@H]3C(O)[C@@H]3[C@@H]2F)c(=O)n1. The van der Waals surface area contributed by atoms with Gasteiger partial charge in [-0.25, -0.2) is 14.2 Å². The minimum absolute atomic E-state index is 0.0135. The lowest BCUT2D eigenvalue weighted by Crippen LogP contribution is -2.32. The summed E-state index contributed by atoms with van der Waals surface area (Å²) < 4.78 is 15.1. The molecule has 1 saturated carbocycles. The van der Waals surface area contributed by atoms with Crippen molar-refractivity contribution in [1.82, 2.24) is 14.5 Å². The van der Waals surface area contributed by atoms with Crippen LogP contribution in [0, 0.1) is 5.92 Å². The van der Waals surface area contributed by atoms with Crippen LogP contribution in [0.25, 0.3) is 0 Å². The van der Waals surface area contributed by atoms with Crippen molar-refractivity contribution in [3.8, 4) is 0 Å². The Morgan fingerprint density at radius 3 is 3.00 bits per heavy atom. The average molecular weight is 258 g/mol. The summed E-state index contributed by atoms with van der Waals surface area (Å²) in [7, 11) is 0. The predicted octanol–water partition coefficient (Wildman–Crippen LogP) is -0.967.